The second kappa shape index (κ2) is 28.5. The van der Waals surface area contributed by atoms with E-state index in [1.54, 1.807) is 0 Å². The van der Waals surface area contributed by atoms with Gasteiger partial charge in [-0.05, 0) is 0 Å². The zero-order chi connectivity index (χ0) is 0. The molecule has 5 heavy (non-hydrogen) atoms. The van der Waals surface area contributed by atoms with Gasteiger partial charge in [-0.25, -0.2) is 0 Å². The van der Waals surface area contributed by atoms with Crippen molar-refractivity contribution >= 4 is 18.9 Å². The van der Waals surface area contributed by atoms with Crippen molar-refractivity contribution in [3.63, 3.8) is 0 Å². The topological polar surface area (TPSA) is 0 Å². The minimum atomic E-state index is 0. The van der Waals surface area contributed by atoms with E-state index in [-0.39, 0.29) is 102 Å². The summed E-state index contributed by atoms with van der Waals surface area (Å²) in [6, 6.07) is 0. The molecule has 1 radical (unpaired) electrons. The molecule has 25 valence electrons. The quantitative estimate of drug-likeness (QED) is 0.533. The van der Waals surface area contributed by atoms with Gasteiger partial charge >= 0.3 is 18.9 Å². The Balaban J connectivity index is 0. The first kappa shape index (κ1) is 44.6. The molecular weight excluding hydrogens is 278 g/mol. The van der Waals surface area contributed by atoms with Crippen molar-refractivity contribution in [3.05, 3.63) is 0 Å². The molecular formula is H3F2LiNdY. The smallest absolute Gasteiger partial charge is 0 e. The first-order valence-electron chi connectivity index (χ1n) is 0. The predicted molar refractivity (Wildman–Crippen MR) is 12.2 cm³/mol. The van der Waals surface area contributed by atoms with Crippen molar-refractivity contribution < 1.29 is 83.0 Å². The van der Waals surface area contributed by atoms with Crippen LogP contribution in [0.2, 0.25) is 0 Å². The maximum absolute atomic E-state index is 0. The molecule has 0 aromatic carbocycles. The van der Waals surface area contributed by atoms with Gasteiger partial charge in [0, 0.05) is 73.5 Å². The molecule has 0 spiro atoms. The summed E-state index contributed by atoms with van der Waals surface area (Å²) in [5.74, 6) is 0. The molecule has 0 aliphatic heterocycles. The number of hydrogen-bond acceptors (Lipinski definition) is 0. The maximum atomic E-state index is 0. The van der Waals surface area contributed by atoms with E-state index in [1.807, 2.05) is 0 Å². The van der Waals surface area contributed by atoms with Crippen LogP contribution in [0.15, 0.2) is 0 Å². The van der Waals surface area contributed by atoms with Crippen molar-refractivity contribution in [3.8, 4) is 0 Å². The summed E-state index contributed by atoms with van der Waals surface area (Å²) in [5, 5.41) is 0. The van der Waals surface area contributed by atoms with Crippen LogP contribution in [0, 0.1) is 40.8 Å². The maximum Gasteiger partial charge on any atom is 0 e. The molecule has 0 unspecified atom stereocenters. The fraction of sp³-hybridized carbons (Fsp3) is 0. The van der Waals surface area contributed by atoms with Crippen LogP contribution >= 0.6 is 0 Å². The van der Waals surface area contributed by atoms with Crippen molar-refractivity contribution in [2.75, 3.05) is 0 Å². The Bertz CT molecular complexity index is 9.61. The monoisotopic (exact) mass is 279 g/mol. The third-order valence-corrected chi connectivity index (χ3v) is 0. The molecule has 5 heteroatoms. The molecule has 0 rings (SSSR count). The Morgan fingerprint density at radius 2 is 0.800 bits per heavy atom. The van der Waals surface area contributed by atoms with Crippen LogP contribution in [0.3, 0.4) is 0 Å². The van der Waals surface area contributed by atoms with E-state index in [9.17, 15) is 0 Å². The third-order valence-electron chi connectivity index (χ3n) is 0. The molecule has 0 aromatic heterocycles. The van der Waals surface area contributed by atoms with Gasteiger partial charge in [0.1, 0.15) is 0 Å². The number of halogens is 2. The van der Waals surface area contributed by atoms with Crippen molar-refractivity contribution in [2.45, 2.75) is 0 Å². The van der Waals surface area contributed by atoms with E-state index < -0.39 is 0 Å². The largest absolute Gasteiger partial charge is 0 e. The SMILES string of the molecule is F.F.[LiH].[Nd].[Y]. The van der Waals surface area contributed by atoms with Crippen LogP contribution in [-0.2, 0) is 32.7 Å². The molecule has 0 nitrogen and oxygen atoms in total. The summed E-state index contributed by atoms with van der Waals surface area (Å²) in [6.07, 6.45) is 0. The Hall–Kier alpha value is 2.91. The number of rotatable bonds is 0. The molecule has 0 saturated heterocycles. The molecule has 0 saturated carbocycles. The van der Waals surface area contributed by atoms with Gasteiger partial charge in [0.25, 0.3) is 0 Å². The zero-order valence-corrected chi connectivity index (χ0v) is 7.94. The Labute approximate surface area is 99.5 Å². The zero-order valence-electron chi connectivity index (χ0n) is 1.89. The van der Waals surface area contributed by atoms with E-state index in [0.29, 0.717) is 0 Å². The van der Waals surface area contributed by atoms with Gasteiger partial charge in [0.05, 0.1) is 0 Å². The molecule has 0 N–H and O–H groups in total. The molecule has 0 heterocycles. The minimum absolute atomic E-state index is 0. The summed E-state index contributed by atoms with van der Waals surface area (Å²) in [6.45, 7) is 0. The van der Waals surface area contributed by atoms with E-state index in [4.69, 9.17) is 0 Å². The Morgan fingerprint density at radius 1 is 0.800 bits per heavy atom. The first-order valence-corrected chi connectivity index (χ1v) is 0. The molecule has 0 bridgehead atoms. The van der Waals surface area contributed by atoms with Crippen LogP contribution < -0.4 is 0 Å². The minimum Gasteiger partial charge on any atom is 0 e. The standard InChI is InChI=1S/2FH.Li.Nd.Y.H/h2*1H;;;;. The first-order chi connectivity index (χ1) is 0. The van der Waals surface area contributed by atoms with Gasteiger partial charge in [-0.2, -0.15) is 0 Å². The van der Waals surface area contributed by atoms with Crippen molar-refractivity contribution in [1.29, 1.82) is 0 Å². The van der Waals surface area contributed by atoms with E-state index in [1.165, 1.54) is 0 Å². The summed E-state index contributed by atoms with van der Waals surface area (Å²) in [4.78, 5) is 0. The normalized spacial score (nSPS) is 0. The van der Waals surface area contributed by atoms with E-state index in [2.05, 4.69) is 0 Å². The van der Waals surface area contributed by atoms with Crippen LogP contribution in [0.1, 0.15) is 0 Å². The van der Waals surface area contributed by atoms with Crippen LogP contribution in [0.4, 0.5) is 9.41 Å². The summed E-state index contributed by atoms with van der Waals surface area (Å²) in [5.41, 5.74) is 0. The fourth-order valence-corrected chi connectivity index (χ4v) is 0. The van der Waals surface area contributed by atoms with Crippen molar-refractivity contribution in [2.24, 2.45) is 0 Å². The van der Waals surface area contributed by atoms with Gasteiger partial charge in [-0.1, -0.05) is 0 Å². The van der Waals surface area contributed by atoms with Crippen molar-refractivity contribution in [1.82, 2.24) is 0 Å². The van der Waals surface area contributed by atoms with Gasteiger partial charge in [-0.3, -0.25) is 9.41 Å². The van der Waals surface area contributed by atoms with Crippen LogP contribution in [-0.4, -0.2) is 18.9 Å². The molecule has 0 atom stereocenters. The second-order valence-electron chi connectivity index (χ2n) is 0. The summed E-state index contributed by atoms with van der Waals surface area (Å²) >= 11 is 0. The van der Waals surface area contributed by atoms with Gasteiger partial charge in [0.15, 0.2) is 0 Å². The fourth-order valence-electron chi connectivity index (χ4n) is 0. The Kier molecular flexibility index (Phi) is 254. The third kappa shape index (κ3) is 19.7. The van der Waals surface area contributed by atoms with E-state index >= 15 is 0 Å². The van der Waals surface area contributed by atoms with E-state index in [0.717, 1.165) is 0 Å². The van der Waals surface area contributed by atoms with Crippen LogP contribution in [0.25, 0.3) is 0 Å². The van der Waals surface area contributed by atoms with Gasteiger partial charge < -0.3 is 0 Å². The molecule has 0 aliphatic carbocycles. The predicted octanol–water partition coefficient (Wildman–Crippen LogP) is -0.346. The Morgan fingerprint density at radius 3 is 0.800 bits per heavy atom. The van der Waals surface area contributed by atoms with Gasteiger partial charge in [-0.15, -0.1) is 0 Å². The second-order valence-corrected chi connectivity index (χ2v) is 0. The molecule has 0 fully saturated rings. The molecule has 0 aromatic rings. The number of hydrogen-bond donors (Lipinski definition) is 0. The molecule has 0 amide bonds. The van der Waals surface area contributed by atoms with Gasteiger partial charge in [0.2, 0.25) is 0 Å². The average Bonchev–Trinajstić information content (AvgIpc) is 0. The molecule has 0 aliphatic rings. The van der Waals surface area contributed by atoms with Crippen LogP contribution in [0.5, 0.6) is 0 Å². The summed E-state index contributed by atoms with van der Waals surface area (Å²) in [7, 11) is 0. The summed E-state index contributed by atoms with van der Waals surface area (Å²) < 4.78 is 0. The average molecular weight is 281 g/mol.